The largest absolute Gasteiger partial charge is 0.298 e. The molecule has 0 fully saturated rings. The summed E-state index contributed by atoms with van der Waals surface area (Å²) < 4.78 is 28.8. The molecule has 0 amide bonds. The van der Waals surface area contributed by atoms with Gasteiger partial charge in [0.05, 0.1) is 10.4 Å². The maximum Gasteiger partial charge on any atom is 0.298 e. The van der Waals surface area contributed by atoms with Crippen molar-refractivity contribution in [3.05, 3.63) is 76.2 Å². The van der Waals surface area contributed by atoms with Crippen LogP contribution in [0.25, 0.3) is 26.5 Å². The maximum atomic E-state index is 14.1. The van der Waals surface area contributed by atoms with Gasteiger partial charge in [0.25, 0.3) is 5.56 Å². The Balaban J connectivity index is 1.97. The zero-order valence-corrected chi connectivity index (χ0v) is 13.8. The van der Waals surface area contributed by atoms with Gasteiger partial charge in [0.1, 0.15) is 16.5 Å². The van der Waals surface area contributed by atoms with Crippen molar-refractivity contribution < 1.29 is 8.78 Å². The van der Waals surface area contributed by atoms with Crippen LogP contribution in [0, 0.1) is 18.6 Å². The predicted octanol–water partition coefficient (Wildman–Crippen LogP) is 4.10. The standard InChI is InChI=1S/C18H11F2N3OS/c1-10-16-15(21-17(25-16)11-5-3-2-4-6-11)18(24)23(22-10)14-8-7-12(19)9-13(14)20/h2-9H,1H3. The molecule has 7 heteroatoms. The molecule has 4 nitrogen and oxygen atoms in total. The molecule has 0 atom stereocenters. The van der Waals surface area contributed by atoms with E-state index < -0.39 is 17.2 Å². The fourth-order valence-electron chi connectivity index (χ4n) is 2.57. The number of thiazole rings is 1. The number of aromatic nitrogens is 3. The molecule has 2 heterocycles. The monoisotopic (exact) mass is 355 g/mol. The third-order valence-electron chi connectivity index (χ3n) is 3.76. The van der Waals surface area contributed by atoms with Crippen molar-refractivity contribution in [3.63, 3.8) is 0 Å². The average molecular weight is 355 g/mol. The second kappa shape index (κ2) is 5.86. The Morgan fingerprint density at radius 2 is 1.84 bits per heavy atom. The average Bonchev–Trinajstić information content (AvgIpc) is 3.06. The number of fused-ring (bicyclic) bond motifs is 1. The molecule has 0 saturated heterocycles. The Morgan fingerprint density at radius 1 is 1.08 bits per heavy atom. The van der Waals surface area contributed by atoms with Crippen molar-refractivity contribution in [2.75, 3.05) is 0 Å². The van der Waals surface area contributed by atoms with E-state index in [0.717, 1.165) is 22.4 Å². The van der Waals surface area contributed by atoms with Crippen LogP contribution in [0.15, 0.2) is 53.3 Å². The van der Waals surface area contributed by atoms with Gasteiger partial charge in [-0.1, -0.05) is 30.3 Å². The predicted molar refractivity (Wildman–Crippen MR) is 93.1 cm³/mol. The molecule has 2 aromatic carbocycles. The number of halogens is 2. The molecule has 0 unspecified atom stereocenters. The molecule has 2 aromatic heterocycles. The number of aryl methyl sites for hydroxylation is 1. The molecular weight excluding hydrogens is 344 g/mol. The van der Waals surface area contributed by atoms with Gasteiger partial charge in [-0.15, -0.1) is 11.3 Å². The van der Waals surface area contributed by atoms with Crippen LogP contribution in [0.4, 0.5) is 8.78 Å². The third kappa shape index (κ3) is 2.62. The lowest BCUT2D eigenvalue weighted by molar-refractivity contribution is 0.570. The lowest BCUT2D eigenvalue weighted by Crippen LogP contribution is -2.23. The summed E-state index contributed by atoms with van der Waals surface area (Å²) in [7, 11) is 0. The van der Waals surface area contributed by atoms with Crippen LogP contribution in [0.3, 0.4) is 0 Å². The second-order valence-electron chi connectivity index (χ2n) is 5.46. The minimum absolute atomic E-state index is 0.106. The number of benzene rings is 2. The minimum Gasteiger partial charge on any atom is -0.265 e. The molecule has 0 aliphatic rings. The van der Waals surface area contributed by atoms with Crippen molar-refractivity contribution in [1.29, 1.82) is 0 Å². The molecule has 124 valence electrons. The van der Waals surface area contributed by atoms with E-state index in [-0.39, 0.29) is 11.2 Å². The van der Waals surface area contributed by atoms with Crippen LogP contribution < -0.4 is 5.56 Å². The lowest BCUT2D eigenvalue weighted by Gasteiger charge is -2.07. The van der Waals surface area contributed by atoms with E-state index in [2.05, 4.69) is 10.1 Å². The van der Waals surface area contributed by atoms with E-state index in [1.54, 1.807) is 6.92 Å². The highest BCUT2D eigenvalue weighted by atomic mass is 32.1. The molecule has 0 bridgehead atoms. The summed E-state index contributed by atoms with van der Waals surface area (Å²) in [6.45, 7) is 1.73. The molecule has 0 aliphatic carbocycles. The highest BCUT2D eigenvalue weighted by molar-refractivity contribution is 7.21. The van der Waals surface area contributed by atoms with Crippen molar-refractivity contribution in [1.82, 2.24) is 14.8 Å². The fraction of sp³-hybridized carbons (Fsp3) is 0.0556. The van der Waals surface area contributed by atoms with Gasteiger partial charge in [-0.3, -0.25) is 4.79 Å². The molecule has 4 rings (SSSR count). The van der Waals surface area contributed by atoms with Gasteiger partial charge in [0, 0.05) is 11.6 Å². The van der Waals surface area contributed by atoms with Crippen LogP contribution in [-0.2, 0) is 0 Å². The molecule has 25 heavy (non-hydrogen) atoms. The van der Waals surface area contributed by atoms with Gasteiger partial charge >= 0.3 is 0 Å². The van der Waals surface area contributed by atoms with Gasteiger partial charge in [-0.25, -0.2) is 13.8 Å². The fourth-order valence-corrected chi connectivity index (χ4v) is 3.57. The van der Waals surface area contributed by atoms with Crippen molar-refractivity contribution in [3.8, 4) is 16.3 Å². The molecule has 0 radical (unpaired) electrons. The van der Waals surface area contributed by atoms with Crippen molar-refractivity contribution >= 4 is 21.6 Å². The number of hydrogen-bond donors (Lipinski definition) is 0. The molecule has 4 aromatic rings. The quantitative estimate of drug-likeness (QED) is 0.544. The molecular formula is C18H11F2N3OS. The van der Waals surface area contributed by atoms with Crippen LogP contribution >= 0.6 is 11.3 Å². The van der Waals surface area contributed by atoms with Gasteiger partial charge in [0.2, 0.25) is 0 Å². The molecule has 0 saturated carbocycles. The first-order chi connectivity index (χ1) is 12.0. The van der Waals surface area contributed by atoms with Crippen molar-refractivity contribution in [2.45, 2.75) is 6.92 Å². The molecule has 0 aliphatic heterocycles. The Bertz CT molecular complexity index is 1150. The van der Waals surface area contributed by atoms with Gasteiger partial charge in [-0.05, 0) is 19.1 Å². The topological polar surface area (TPSA) is 47.8 Å². The summed E-state index contributed by atoms with van der Waals surface area (Å²) in [5.74, 6) is -1.57. The Hall–Kier alpha value is -2.93. The summed E-state index contributed by atoms with van der Waals surface area (Å²) in [4.78, 5) is 17.2. The number of rotatable bonds is 2. The minimum atomic E-state index is -0.855. The van der Waals surface area contributed by atoms with Crippen LogP contribution in [0.2, 0.25) is 0 Å². The van der Waals surface area contributed by atoms with E-state index in [0.29, 0.717) is 15.4 Å². The Labute approximate surface area is 145 Å². The Morgan fingerprint density at radius 3 is 2.56 bits per heavy atom. The SMILES string of the molecule is Cc1nn(-c2ccc(F)cc2F)c(=O)c2nc(-c3ccccc3)sc12. The van der Waals surface area contributed by atoms with E-state index in [1.165, 1.54) is 17.4 Å². The van der Waals surface area contributed by atoms with Crippen molar-refractivity contribution in [2.24, 2.45) is 0 Å². The smallest absolute Gasteiger partial charge is 0.265 e. The molecule has 0 spiro atoms. The maximum absolute atomic E-state index is 14.1. The summed E-state index contributed by atoms with van der Waals surface area (Å²) in [6, 6.07) is 12.5. The van der Waals surface area contributed by atoms with Crippen LogP contribution in [0.1, 0.15) is 5.69 Å². The van der Waals surface area contributed by atoms with E-state index in [1.807, 2.05) is 30.3 Å². The first kappa shape index (κ1) is 15.6. The lowest BCUT2D eigenvalue weighted by atomic mass is 10.2. The van der Waals surface area contributed by atoms with Gasteiger partial charge < -0.3 is 0 Å². The van der Waals surface area contributed by atoms with Crippen LogP contribution in [-0.4, -0.2) is 14.8 Å². The summed E-state index contributed by atoms with van der Waals surface area (Å²) >= 11 is 1.36. The summed E-state index contributed by atoms with van der Waals surface area (Å²) in [5.41, 5.74) is 1.02. The first-order valence-electron chi connectivity index (χ1n) is 7.46. The summed E-state index contributed by atoms with van der Waals surface area (Å²) in [5, 5.41) is 4.87. The zero-order valence-electron chi connectivity index (χ0n) is 13.0. The van der Waals surface area contributed by atoms with Gasteiger partial charge in [-0.2, -0.15) is 9.78 Å². The van der Waals surface area contributed by atoms with Crippen LogP contribution in [0.5, 0.6) is 0 Å². The highest BCUT2D eigenvalue weighted by Crippen LogP contribution is 2.30. The second-order valence-corrected chi connectivity index (χ2v) is 6.46. The highest BCUT2D eigenvalue weighted by Gasteiger charge is 2.17. The summed E-state index contributed by atoms with van der Waals surface area (Å²) in [6.07, 6.45) is 0. The first-order valence-corrected chi connectivity index (χ1v) is 8.27. The van der Waals surface area contributed by atoms with E-state index >= 15 is 0 Å². The zero-order chi connectivity index (χ0) is 17.6. The van der Waals surface area contributed by atoms with E-state index in [4.69, 9.17) is 0 Å². The number of hydrogen-bond acceptors (Lipinski definition) is 4. The number of nitrogens with zero attached hydrogens (tertiary/aromatic N) is 3. The molecule has 0 N–H and O–H groups in total. The Kier molecular flexibility index (Phi) is 3.65. The van der Waals surface area contributed by atoms with E-state index in [9.17, 15) is 13.6 Å². The normalized spacial score (nSPS) is 11.2. The van der Waals surface area contributed by atoms with Gasteiger partial charge in [0.15, 0.2) is 11.3 Å². The third-order valence-corrected chi connectivity index (χ3v) is 4.97.